The summed E-state index contributed by atoms with van der Waals surface area (Å²) in [6, 6.07) is 8.06. The third kappa shape index (κ3) is 5.14. The van der Waals surface area contributed by atoms with Crippen LogP contribution in [0.2, 0.25) is 0 Å². The van der Waals surface area contributed by atoms with Gasteiger partial charge in [0.1, 0.15) is 31.0 Å². The summed E-state index contributed by atoms with van der Waals surface area (Å²) in [5.41, 5.74) is 9.58. The Morgan fingerprint density at radius 3 is 2.68 bits per heavy atom. The van der Waals surface area contributed by atoms with Gasteiger partial charge in [0.15, 0.2) is 0 Å². The number of benzene rings is 1. The molecule has 1 aromatic rings. The molecule has 1 aromatic carbocycles. The molecule has 0 bridgehead atoms. The fraction of sp³-hybridized carbons (Fsp3) is 0.562. The van der Waals surface area contributed by atoms with E-state index in [0.29, 0.717) is 0 Å². The summed E-state index contributed by atoms with van der Waals surface area (Å²) in [6.07, 6.45) is -4.45. The summed E-state index contributed by atoms with van der Waals surface area (Å²) < 4.78 is 35.6. The fourth-order valence-corrected chi connectivity index (χ4v) is 2.64. The van der Waals surface area contributed by atoms with E-state index in [2.05, 4.69) is 10.0 Å². The fourth-order valence-electron chi connectivity index (χ4n) is 2.64. The van der Waals surface area contributed by atoms with Crippen LogP contribution in [-0.2, 0) is 30.3 Å². The molecule has 25 heavy (non-hydrogen) atoms. The average Bonchev–Trinajstić information content (AvgIpc) is 2.61. The summed E-state index contributed by atoms with van der Waals surface area (Å²) in [5, 5.41) is 3.45. The van der Waals surface area contributed by atoms with Crippen molar-refractivity contribution in [1.82, 2.24) is 0 Å². The van der Waals surface area contributed by atoms with Gasteiger partial charge < -0.3 is 18.9 Å². The van der Waals surface area contributed by atoms with Gasteiger partial charge in [-0.15, -0.1) is 0 Å². The van der Waals surface area contributed by atoms with Gasteiger partial charge in [0, 0.05) is 18.9 Å². The lowest BCUT2D eigenvalue weighted by Crippen LogP contribution is -2.58. The molecule has 1 fully saturated rings. The topological polar surface area (TPSA) is 103 Å². The minimum atomic E-state index is -1.90. The van der Waals surface area contributed by atoms with E-state index in [1.54, 1.807) is 0 Å². The number of carbonyl (C=O) groups is 1. The number of carbonyl (C=O) groups excluding carboxylic acids is 1. The number of azide groups is 1. The first-order valence-corrected chi connectivity index (χ1v) is 7.72. The van der Waals surface area contributed by atoms with Crippen molar-refractivity contribution in [2.24, 2.45) is 5.11 Å². The standard InChI is InChI=1S/C16H20FN3O5/c1-10(21)23-9-12-14(22-2)15(13(19-20-18)16(17)25-12)24-8-11-6-4-3-5-7-11/h3-7,12-16H,8-9H2,1-2H3/t12-,13-,14-,15-,16?/m1/s1. The van der Waals surface area contributed by atoms with Crippen molar-refractivity contribution in [3.8, 4) is 0 Å². The van der Waals surface area contributed by atoms with Crippen LogP contribution in [0.1, 0.15) is 12.5 Å². The van der Waals surface area contributed by atoms with Crippen LogP contribution in [0.25, 0.3) is 10.4 Å². The van der Waals surface area contributed by atoms with Gasteiger partial charge in [-0.25, -0.2) is 4.39 Å². The van der Waals surface area contributed by atoms with E-state index >= 15 is 0 Å². The van der Waals surface area contributed by atoms with Crippen LogP contribution in [0.3, 0.4) is 0 Å². The molecule has 1 unspecified atom stereocenters. The Balaban J connectivity index is 2.17. The Morgan fingerprint density at radius 2 is 2.08 bits per heavy atom. The summed E-state index contributed by atoms with van der Waals surface area (Å²) in [4.78, 5) is 13.7. The monoisotopic (exact) mass is 353 g/mol. The predicted molar refractivity (Wildman–Crippen MR) is 85.2 cm³/mol. The summed E-state index contributed by atoms with van der Waals surface area (Å²) in [6.45, 7) is 1.22. The Bertz CT molecular complexity index is 611. The van der Waals surface area contributed by atoms with Crippen molar-refractivity contribution in [2.45, 2.75) is 44.2 Å². The summed E-state index contributed by atoms with van der Waals surface area (Å²) >= 11 is 0. The molecule has 0 saturated carbocycles. The van der Waals surface area contributed by atoms with E-state index in [4.69, 9.17) is 24.5 Å². The van der Waals surface area contributed by atoms with Gasteiger partial charge in [-0.3, -0.25) is 4.79 Å². The van der Waals surface area contributed by atoms with Crippen LogP contribution >= 0.6 is 0 Å². The second kappa shape index (κ2) is 9.33. The smallest absolute Gasteiger partial charge is 0.302 e. The van der Waals surface area contributed by atoms with Crippen molar-refractivity contribution in [3.63, 3.8) is 0 Å². The van der Waals surface area contributed by atoms with Crippen LogP contribution in [0.15, 0.2) is 35.4 Å². The highest BCUT2D eigenvalue weighted by Crippen LogP contribution is 2.29. The zero-order valence-corrected chi connectivity index (χ0v) is 13.9. The van der Waals surface area contributed by atoms with Crippen molar-refractivity contribution in [1.29, 1.82) is 0 Å². The Kier molecular flexibility index (Phi) is 7.15. The van der Waals surface area contributed by atoms with Gasteiger partial charge in [0.2, 0.25) is 6.36 Å². The van der Waals surface area contributed by atoms with Crippen molar-refractivity contribution in [3.05, 3.63) is 46.3 Å². The van der Waals surface area contributed by atoms with Gasteiger partial charge in [-0.2, -0.15) is 0 Å². The molecule has 0 aromatic heterocycles. The number of nitrogens with zero attached hydrogens (tertiary/aromatic N) is 3. The van der Waals surface area contributed by atoms with Crippen LogP contribution in [-0.4, -0.2) is 50.4 Å². The van der Waals surface area contributed by atoms with E-state index in [-0.39, 0.29) is 13.2 Å². The quantitative estimate of drug-likeness (QED) is 0.324. The van der Waals surface area contributed by atoms with Crippen LogP contribution in [0.5, 0.6) is 0 Å². The lowest BCUT2D eigenvalue weighted by atomic mass is 9.97. The Hall–Kier alpha value is -2.19. The number of ether oxygens (including phenoxy) is 4. The molecule has 8 nitrogen and oxygen atoms in total. The Morgan fingerprint density at radius 1 is 1.36 bits per heavy atom. The zero-order valence-electron chi connectivity index (χ0n) is 13.9. The van der Waals surface area contributed by atoms with E-state index in [1.807, 2.05) is 30.3 Å². The van der Waals surface area contributed by atoms with Gasteiger partial charge in [0.25, 0.3) is 0 Å². The molecule has 0 spiro atoms. The molecular formula is C16H20FN3O5. The molecule has 136 valence electrons. The number of methoxy groups -OCH3 is 1. The molecule has 1 aliphatic rings. The molecule has 1 aliphatic heterocycles. The van der Waals surface area contributed by atoms with E-state index < -0.39 is 36.7 Å². The number of hydrogen-bond acceptors (Lipinski definition) is 6. The maximum absolute atomic E-state index is 14.3. The highest BCUT2D eigenvalue weighted by Gasteiger charge is 2.47. The molecule has 0 radical (unpaired) electrons. The first-order valence-electron chi connectivity index (χ1n) is 7.72. The van der Waals surface area contributed by atoms with Crippen molar-refractivity contribution in [2.75, 3.05) is 13.7 Å². The normalized spacial score (nSPS) is 28.8. The number of alkyl halides is 1. The average molecular weight is 353 g/mol. The zero-order chi connectivity index (χ0) is 18.2. The first kappa shape index (κ1) is 19.1. The highest BCUT2D eigenvalue weighted by atomic mass is 19.1. The van der Waals surface area contributed by atoms with Crippen LogP contribution in [0.4, 0.5) is 4.39 Å². The number of hydrogen-bond donors (Lipinski definition) is 0. The third-order valence-electron chi connectivity index (χ3n) is 3.79. The minimum absolute atomic E-state index is 0.176. The lowest BCUT2D eigenvalue weighted by Gasteiger charge is -2.41. The largest absolute Gasteiger partial charge is 0.463 e. The first-order chi connectivity index (χ1) is 12.1. The predicted octanol–water partition coefficient (Wildman–Crippen LogP) is 2.52. The second-order valence-electron chi connectivity index (χ2n) is 5.49. The van der Waals surface area contributed by atoms with Crippen molar-refractivity contribution < 1.29 is 28.1 Å². The van der Waals surface area contributed by atoms with Gasteiger partial charge in [-0.05, 0) is 11.1 Å². The molecule has 0 amide bonds. The van der Waals surface area contributed by atoms with E-state index in [0.717, 1.165) is 5.56 Å². The summed E-state index contributed by atoms with van der Waals surface area (Å²) in [5.74, 6) is -0.521. The van der Waals surface area contributed by atoms with Crippen molar-refractivity contribution >= 4 is 5.97 Å². The van der Waals surface area contributed by atoms with Crippen LogP contribution < -0.4 is 0 Å². The molecule has 0 aliphatic carbocycles. The molecule has 0 N–H and O–H groups in total. The molecule has 1 heterocycles. The number of esters is 1. The van der Waals surface area contributed by atoms with Crippen LogP contribution in [0, 0.1) is 0 Å². The number of halogens is 1. The van der Waals surface area contributed by atoms with E-state index in [1.165, 1.54) is 14.0 Å². The maximum atomic E-state index is 14.3. The molecule has 5 atom stereocenters. The lowest BCUT2D eigenvalue weighted by molar-refractivity contribution is -0.244. The highest BCUT2D eigenvalue weighted by molar-refractivity contribution is 5.65. The second-order valence-corrected chi connectivity index (χ2v) is 5.49. The molecule has 1 saturated heterocycles. The van der Waals surface area contributed by atoms with Gasteiger partial charge in [0.05, 0.1) is 6.61 Å². The molecule has 2 rings (SSSR count). The third-order valence-corrected chi connectivity index (χ3v) is 3.79. The maximum Gasteiger partial charge on any atom is 0.302 e. The SMILES string of the molecule is CO[C@H]1[C@H](OCc2ccccc2)[C@@H](N=[N+]=[N-])C(F)O[C@@H]1COC(C)=O. The molecule has 9 heteroatoms. The minimum Gasteiger partial charge on any atom is -0.463 e. The summed E-state index contributed by atoms with van der Waals surface area (Å²) in [7, 11) is 1.40. The number of rotatable bonds is 7. The Labute approximate surface area is 144 Å². The van der Waals surface area contributed by atoms with Gasteiger partial charge >= 0.3 is 5.97 Å². The van der Waals surface area contributed by atoms with Gasteiger partial charge in [-0.1, -0.05) is 35.4 Å². The molecular weight excluding hydrogens is 333 g/mol. The van der Waals surface area contributed by atoms with E-state index in [9.17, 15) is 9.18 Å².